The number of fused-ring (bicyclic) bond motifs is 2. The van der Waals surface area contributed by atoms with Crippen molar-refractivity contribution in [2.75, 3.05) is 13.7 Å². The first-order valence-corrected chi connectivity index (χ1v) is 12.0. The molecule has 11 nitrogen and oxygen atoms in total. The number of imidazole rings is 1. The molecule has 0 radical (unpaired) electrons. The van der Waals surface area contributed by atoms with Gasteiger partial charge in [0, 0.05) is 18.5 Å². The number of nitrogens with one attached hydrogen (secondary N) is 2. The summed E-state index contributed by atoms with van der Waals surface area (Å²) >= 11 is 3.08. The Morgan fingerprint density at radius 2 is 2.11 bits per heavy atom. The molecule has 2 heterocycles. The molecule has 2 aromatic carbocycles. The molecule has 1 amide bonds. The van der Waals surface area contributed by atoms with E-state index in [0.29, 0.717) is 15.7 Å². The number of H-pyrrole nitrogens is 1. The molecule has 2 unspecified atom stereocenters. The van der Waals surface area contributed by atoms with Gasteiger partial charge in [-0.05, 0) is 35.3 Å². The van der Waals surface area contributed by atoms with E-state index in [1.165, 1.54) is 37.4 Å². The molecule has 0 spiro atoms. The third-order valence-electron chi connectivity index (χ3n) is 5.29. The molecular formula is C22H16ClF2N6O5S-. The van der Waals surface area contributed by atoms with Crippen molar-refractivity contribution in [1.29, 1.82) is 5.26 Å². The van der Waals surface area contributed by atoms with Crippen LogP contribution >= 0.6 is 11.6 Å². The van der Waals surface area contributed by atoms with Gasteiger partial charge in [0.25, 0.3) is 17.9 Å². The highest BCUT2D eigenvalue weighted by Gasteiger charge is 2.25. The molecule has 2 N–H and O–H groups in total. The minimum absolute atomic E-state index is 0.00893. The Bertz CT molecular complexity index is 1650. The van der Waals surface area contributed by atoms with Gasteiger partial charge in [-0.1, -0.05) is 11.6 Å². The van der Waals surface area contributed by atoms with E-state index >= 15 is 0 Å². The lowest BCUT2D eigenvalue weighted by molar-refractivity contribution is -0.121. The second-order valence-corrected chi connectivity index (χ2v) is 9.03. The van der Waals surface area contributed by atoms with Crippen molar-refractivity contribution in [3.63, 3.8) is 0 Å². The van der Waals surface area contributed by atoms with Gasteiger partial charge in [0.05, 0.1) is 45.2 Å². The number of ether oxygens (including phenoxy) is 1. The lowest BCUT2D eigenvalue weighted by Gasteiger charge is -2.21. The fourth-order valence-electron chi connectivity index (χ4n) is 3.65. The summed E-state index contributed by atoms with van der Waals surface area (Å²) in [6.45, 7) is -0.852. The monoisotopic (exact) mass is 549 g/mol. The minimum Gasteiger partial charge on any atom is -0.770 e. The summed E-state index contributed by atoms with van der Waals surface area (Å²) in [7, 11) is 1.22. The van der Waals surface area contributed by atoms with Crippen molar-refractivity contribution >= 4 is 50.4 Å². The summed E-state index contributed by atoms with van der Waals surface area (Å²) in [6, 6.07) is 8.92. The van der Waals surface area contributed by atoms with Crippen LogP contribution in [0.1, 0.15) is 22.5 Å². The van der Waals surface area contributed by atoms with E-state index in [9.17, 15) is 32.4 Å². The van der Waals surface area contributed by atoms with Gasteiger partial charge in [-0.15, -0.1) is 0 Å². The maximum absolute atomic E-state index is 13.1. The maximum Gasteiger partial charge on any atom is 0.276 e. The fraction of sp³-hybridized carbons (Fsp3) is 0.227. The number of hydrogen-bond donors (Lipinski definition) is 2. The number of carbonyl (C=O) groups excluding carboxylic acids is 1. The Morgan fingerprint density at radius 1 is 1.35 bits per heavy atom. The summed E-state index contributed by atoms with van der Waals surface area (Å²) in [4.78, 5) is 32.7. The lowest BCUT2D eigenvalue weighted by atomic mass is 10.1. The molecule has 15 heteroatoms. The molecule has 0 saturated carbocycles. The molecule has 192 valence electrons. The van der Waals surface area contributed by atoms with Crippen molar-refractivity contribution in [1.82, 2.24) is 25.1 Å². The molecule has 0 fully saturated rings. The van der Waals surface area contributed by atoms with Gasteiger partial charge >= 0.3 is 0 Å². The van der Waals surface area contributed by atoms with E-state index in [1.54, 1.807) is 0 Å². The average Bonchev–Trinajstić information content (AvgIpc) is 3.25. The highest BCUT2D eigenvalue weighted by Crippen LogP contribution is 2.30. The number of halogens is 3. The van der Waals surface area contributed by atoms with Crippen molar-refractivity contribution < 1.29 is 27.1 Å². The molecule has 4 rings (SSSR count). The number of hydrogen-bond acceptors (Lipinski definition) is 8. The van der Waals surface area contributed by atoms with Crippen LogP contribution in [0.3, 0.4) is 0 Å². The van der Waals surface area contributed by atoms with E-state index in [1.807, 2.05) is 6.07 Å². The van der Waals surface area contributed by atoms with Crippen molar-refractivity contribution in [2.45, 2.75) is 18.2 Å². The lowest BCUT2D eigenvalue weighted by Crippen LogP contribution is -2.40. The largest absolute Gasteiger partial charge is 0.770 e. The fourth-order valence-corrected chi connectivity index (χ4v) is 4.47. The Labute approximate surface area is 214 Å². The number of amides is 1. The molecule has 0 saturated heterocycles. The second kappa shape index (κ2) is 10.6. The first-order chi connectivity index (χ1) is 17.6. The zero-order valence-corrected chi connectivity index (χ0v) is 20.4. The van der Waals surface area contributed by atoms with Crippen molar-refractivity contribution in [3.05, 3.63) is 62.8 Å². The van der Waals surface area contributed by atoms with Crippen LogP contribution < -0.4 is 15.6 Å². The summed E-state index contributed by atoms with van der Waals surface area (Å²) in [6.07, 6.45) is -2.78. The number of nitrogens with zero attached hydrogens (tertiary/aromatic N) is 4. The summed E-state index contributed by atoms with van der Waals surface area (Å²) in [5, 5.41) is 14.1. The van der Waals surface area contributed by atoms with Crippen molar-refractivity contribution in [2.24, 2.45) is 0 Å². The van der Waals surface area contributed by atoms with Crippen molar-refractivity contribution in [3.8, 4) is 11.8 Å². The number of aromatic nitrogens is 4. The van der Waals surface area contributed by atoms with E-state index in [2.05, 4.69) is 20.4 Å². The summed E-state index contributed by atoms with van der Waals surface area (Å²) < 4.78 is 54.3. The number of benzene rings is 2. The topological polar surface area (TPSA) is 166 Å². The number of alkyl halides is 2. The van der Waals surface area contributed by atoms with E-state index < -0.39 is 41.0 Å². The van der Waals surface area contributed by atoms with Crippen LogP contribution in [-0.4, -0.2) is 54.5 Å². The molecular weight excluding hydrogens is 534 g/mol. The van der Waals surface area contributed by atoms with E-state index in [4.69, 9.17) is 16.3 Å². The normalized spacial score (nSPS) is 13.0. The summed E-state index contributed by atoms with van der Waals surface area (Å²) in [5.74, 6) is -0.676. The molecule has 2 atom stereocenters. The third kappa shape index (κ3) is 5.29. The second-order valence-electron chi connectivity index (χ2n) is 7.66. The molecule has 37 heavy (non-hydrogen) atoms. The molecule has 0 aliphatic heterocycles. The molecule has 4 aromatic rings. The smallest absolute Gasteiger partial charge is 0.276 e. The maximum atomic E-state index is 13.1. The standard InChI is InChI=1S/C22H17ClF2N6O5S/c1-27-20(32)22(37(34)35)31-21(33)11-3-2-10(8-26)4-12(11)14(30-31)7-19-28-15-5-13(23)17(6-16(15)29-19)36-9-18(24)25/h2-6,18,22H,7,9H2,1H3,(H,27,32)(H,28,29)(H,34,35)/p-1. The third-order valence-corrected chi connectivity index (χ3v) is 6.36. The van der Waals surface area contributed by atoms with Gasteiger partial charge in [0.1, 0.15) is 18.2 Å². The van der Waals surface area contributed by atoms with Crippen LogP contribution in [0, 0.1) is 11.3 Å². The van der Waals surface area contributed by atoms with E-state index in [-0.39, 0.29) is 45.0 Å². The quantitative estimate of drug-likeness (QED) is 0.315. The van der Waals surface area contributed by atoms with Gasteiger partial charge in [-0.25, -0.2) is 18.4 Å². The predicted molar refractivity (Wildman–Crippen MR) is 128 cm³/mol. The van der Waals surface area contributed by atoms with Crippen LogP contribution in [0.5, 0.6) is 5.75 Å². The molecule has 2 aromatic heterocycles. The first kappa shape index (κ1) is 26.1. The summed E-state index contributed by atoms with van der Waals surface area (Å²) in [5.41, 5.74) is 0.301. The number of rotatable bonds is 8. The van der Waals surface area contributed by atoms with Crippen LogP contribution in [0.25, 0.3) is 21.8 Å². The highest BCUT2D eigenvalue weighted by molar-refractivity contribution is 7.80. The van der Waals surface area contributed by atoms with Crippen LogP contribution in [0.2, 0.25) is 5.02 Å². The Morgan fingerprint density at radius 3 is 2.76 bits per heavy atom. The van der Waals surface area contributed by atoms with Crippen LogP contribution in [0.15, 0.2) is 35.1 Å². The Hall–Kier alpha value is -3.93. The number of likely N-dealkylation sites (N-methyl/N-ethyl adjacent to an activating group) is 1. The number of aromatic amines is 1. The Kier molecular flexibility index (Phi) is 7.48. The van der Waals surface area contributed by atoms with Crippen LogP contribution in [-0.2, 0) is 22.3 Å². The zero-order chi connectivity index (χ0) is 26.9. The van der Waals surface area contributed by atoms with Gasteiger partial charge in [-0.2, -0.15) is 10.4 Å². The van der Waals surface area contributed by atoms with Gasteiger partial charge in [0.15, 0.2) is 5.37 Å². The van der Waals surface area contributed by atoms with Gasteiger partial charge in [-0.3, -0.25) is 13.8 Å². The van der Waals surface area contributed by atoms with E-state index in [0.717, 1.165) is 0 Å². The van der Waals surface area contributed by atoms with Gasteiger partial charge in [0.2, 0.25) is 0 Å². The first-order valence-electron chi connectivity index (χ1n) is 10.5. The predicted octanol–water partition coefficient (Wildman–Crippen LogP) is 2.16. The Balaban J connectivity index is 1.85. The molecule has 0 aliphatic carbocycles. The average molecular weight is 550 g/mol. The molecule has 0 bridgehead atoms. The van der Waals surface area contributed by atoms with Gasteiger partial charge < -0.3 is 19.6 Å². The SMILES string of the molecule is CNC(=O)C(n1nc(Cc2nc3cc(OCC(F)F)c(Cl)cc3[nH]2)c2cc(C#N)ccc2c1=O)S(=O)[O-]. The highest BCUT2D eigenvalue weighted by atomic mass is 35.5. The van der Waals surface area contributed by atoms with Crippen LogP contribution in [0.4, 0.5) is 8.78 Å². The minimum atomic E-state index is -3.04. The number of carbonyl (C=O) groups is 1. The zero-order valence-electron chi connectivity index (χ0n) is 18.8. The molecule has 0 aliphatic rings. The number of nitriles is 1.